The Kier molecular flexibility index (Phi) is 16.0. The molecule has 0 aliphatic heterocycles. The summed E-state index contributed by atoms with van der Waals surface area (Å²) in [6.07, 6.45) is -20.6. The molecule has 184 valence electrons. The lowest BCUT2D eigenvalue weighted by Crippen LogP contribution is -2.47. The van der Waals surface area contributed by atoms with Crippen LogP contribution in [0, 0.1) is 0 Å². The molecule has 0 amide bonds. The van der Waals surface area contributed by atoms with Gasteiger partial charge in [-0.15, -0.1) is 0 Å². The zero-order valence-corrected chi connectivity index (χ0v) is 18.7. The molecule has 0 fully saturated rings. The molecule has 0 aromatic heterocycles. The van der Waals surface area contributed by atoms with Crippen LogP contribution in [0.3, 0.4) is 0 Å². The Labute approximate surface area is 175 Å². The monoisotopic (exact) mass is 477 g/mol. The van der Waals surface area contributed by atoms with E-state index in [0.29, 0.717) is 0 Å². The fourth-order valence-electron chi connectivity index (χ4n) is 2.81. The molecular weight excluding hydrogens is 443 g/mol. The van der Waals surface area contributed by atoms with Crippen LogP contribution in [0.5, 0.6) is 0 Å². The Morgan fingerprint density at radius 3 is 1.37 bits per heavy atom. The molecule has 0 radical (unpaired) electrons. The van der Waals surface area contributed by atoms with Crippen molar-refractivity contribution >= 4 is 10.1 Å². The molecule has 0 rings (SSSR count). The summed E-state index contributed by atoms with van der Waals surface area (Å²) in [5, 5.41) is 0. The van der Waals surface area contributed by atoms with Crippen molar-refractivity contribution in [3.8, 4) is 0 Å². The summed E-state index contributed by atoms with van der Waals surface area (Å²) < 4.78 is 122. The minimum absolute atomic E-state index is 0.468. The van der Waals surface area contributed by atoms with Crippen molar-refractivity contribution in [3.05, 3.63) is 0 Å². The van der Waals surface area contributed by atoms with Crippen molar-refractivity contribution in [3.63, 3.8) is 0 Å². The van der Waals surface area contributed by atoms with Gasteiger partial charge >= 0.3 is 0 Å². The van der Waals surface area contributed by atoms with Crippen molar-refractivity contribution in [2.24, 2.45) is 0 Å². The molecule has 0 N–H and O–H groups in total. The first kappa shape index (κ1) is 31.6. The lowest BCUT2D eigenvalue weighted by Gasteiger charge is -2.34. The van der Waals surface area contributed by atoms with E-state index in [2.05, 4.69) is 27.7 Å². The van der Waals surface area contributed by atoms with Gasteiger partial charge in [0, 0.05) is 0 Å². The number of quaternary nitrogens is 1. The van der Waals surface area contributed by atoms with Crippen molar-refractivity contribution in [1.29, 1.82) is 0 Å². The van der Waals surface area contributed by atoms with Gasteiger partial charge in [-0.3, -0.25) is 4.39 Å². The van der Waals surface area contributed by atoms with Crippen molar-refractivity contribution in [1.82, 2.24) is 0 Å². The van der Waals surface area contributed by atoms with E-state index < -0.39 is 72.4 Å². The maximum atomic E-state index is 13.2. The van der Waals surface area contributed by atoms with Crippen molar-refractivity contribution < 1.29 is 48.2 Å². The van der Waals surface area contributed by atoms with E-state index in [1.165, 1.54) is 30.7 Å². The maximum absolute atomic E-state index is 13.2. The molecule has 4 nitrogen and oxygen atoms in total. The molecule has 0 spiro atoms. The van der Waals surface area contributed by atoms with Crippen LogP contribution in [-0.2, 0) is 10.1 Å². The third-order valence-corrected chi connectivity index (χ3v) is 5.99. The summed E-state index contributed by atoms with van der Waals surface area (Å²) in [5.74, 6) is -1.96. The van der Waals surface area contributed by atoms with Crippen LogP contribution in [0.2, 0.25) is 0 Å². The Morgan fingerprint density at radius 2 is 1.10 bits per heavy atom. The molecule has 0 aliphatic rings. The fraction of sp³-hybridized carbons (Fsp3) is 1.00. The molecule has 12 heteroatoms. The van der Waals surface area contributed by atoms with Gasteiger partial charge in [0.25, 0.3) is 0 Å². The largest absolute Gasteiger partial charge is 0.748 e. The molecule has 30 heavy (non-hydrogen) atoms. The first-order valence-electron chi connectivity index (χ1n) is 9.94. The van der Waals surface area contributed by atoms with Crippen LogP contribution in [0.4, 0.5) is 30.7 Å². The molecule has 6 unspecified atom stereocenters. The third-order valence-electron chi connectivity index (χ3n) is 5.26. The number of hydrogen-bond acceptors (Lipinski definition) is 3. The molecule has 6 atom stereocenters. The standard InChI is InChI=1S/C10H15F7O3S.C8H20N/c11-3-1-2-5(12)7(14)9(16)10(17)8(15)6(13)4-21(18,19)20;1-5-9(6-2,7-3)8-4/h5-10H,1-4H2,(H,18,19,20);5-8H2,1-4H3/q;+1/p-1. The number of alkyl halides is 7. The van der Waals surface area contributed by atoms with Gasteiger partial charge in [0.2, 0.25) is 0 Å². The molecule has 0 aromatic rings. The Bertz CT molecular complexity index is 520. The average Bonchev–Trinajstić information content (AvgIpc) is 2.71. The van der Waals surface area contributed by atoms with Gasteiger partial charge < -0.3 is 9.04 Å². The van der Waals surface area contributed by atoms with E-state index in [1.54, 1.807) is 0 Å². The van der Waals surface area contributed by atoms with Crippen LogP contribution < -0.4 is 0 Å². The molecule has 0 saturated carbocycles. The third kappa shape index (κ3) is 11.7. The zero-order valence-electron chi connectivity index (χ0n) is 17.8. The molecule has 0 aliphatic carbocycles. The van der Waals surface area contributed by atoms with Crippen LogP contribution >= 0.6 is 0 Å². The number of halogens is 7. The Balaban J connectivity index is 0. The first-order chi connectivity index (χ1) is 13.8. The fourth-order valence-corrected chi connectivity index (χ4v) is 3.38. The van der Waals surface area contributed by atoms with Crippen LogP contribution in [0.1, 0.15) is 40.5 Å². The van der Waals surface area contributed by atoms with E-state index in [0.717, 1.165) is 0 Å². The van der Waals surface area contributed by atoms with Gasteiger partial charge in [-0.2, -0.15) is 0 Å². The van der Waals surface area contributed by atoms with Crippen LogP contribution in [0.25, 0.3) is 0 Å². The van der Waals surface area contributed by atoms with Gasteiger partial charge in [-0.1, -0.05) is 0 Å². The van der Waals surface area contributed by atoms with E-state index in [9.17, 15) is 43.7 Å². The lowest BCUT2D eigenvalue weighted by atomic mass is 10.00. The lowest BCUT2D eigenvalue weighted by molar-refractivity contribution is -0.921. The summed E-state index contributed by atoms with van der Waals surface area (Å²) in [6, 6.07) is 0. The van der Waals surface area contributed by atoms with Gasteiger partial charge in [-0.25, -0.2) is 34.8 Å². The van der Waals surface area contributed by atoms with Gasteiger partial charge in [0.05, 0.1) is 48.7 Å². The highest BCUT2D eigenvalue weighted by atomic mass is 32.2. The second-order valence-electron chi connectivity index (χ2n) is 6.97. The van der Waals surface area contributed by atoms with E-state index in [-0.39, 0.29) is 0 Å². The van der Waals surface area contributed by atoms with Gasteiger partial charge in [-0.05, 0) is 40.5 Å². The average molecular weight is 478 g/mol. The first-order valence-corrected chi connectivity index (χ1v) is 11.5. The molecule has 0 saturated heterocycles. The van der Waals surface area contributed by atoms with Crippen LogP contribution in [0.15, 0.2) is 0 Å². The van der Waals surface area contributed by atoms with Crippen LogP contribution in [-0.4, -0.2) is 93.1 Å². The molecular formula is C18H34F7NO3S. The topological polar surface area (TPSA) is 57.2 Å². The highest BCUT2D eigenvalue weighted by Gasteiger charge is 2.43. The summed E-state index contributed by atoms with van der Waals surface area (Å²) in [5.41, 5.74) is 0. The van der Waals surface area contributed by atoms with E-state index in [1.807, 2.05) is 0 Å². The minimum atomic E-state index is -5.24. The van der Waals surface area contributed by atoms with E-state index in [4.69, 9.17) is 0 Å². The minimum Gasteiger partial charge on any atom is -0.748 e. The number of rotatable bonds is 14. The quantitative estimate of drug-likeness (QED) is 0.214. The smallest absolute Gasteiger partial charge is 0.168 e. The highest BCUT2D eigenvalue weighted by Crippen LogP contribution is 2.26. The summed E-state index contributed by atoms with van der Waals surface area (Å²) in [4.78, 5) is 0. The Morgan fingerprint density at radius 1 is 0.733 bits per heavy atom. The van der Waals surface area contributed by atoms with Gasteiger partial charge in [0.15, 0.2) is 24.7 Å². The second kappa shape index (κ2) is 15.2. The van der Waals surface area contributed by atoms with Crippen molar-refractivity contribution in [2.75, 3.05) is 38.6 Å². The predicted molar refractivity (Wildman–Crippen MR) is 102 cm³/mol. The number of hydrogen-bond donors (Lipinski definition) is 0. The highest BCUT2D eigenvalue weighted by molar-refractivity contribution is 7.85. The maximum Gasteiger partial charge on any atom is 0.168 e. The second-order valence-corrected chi connectivity index (χ2v) is 8.42. The van der Waals surface area contributed by atoms with E-state index >= 15 is 0 Å². The zero-order chi connectivity index (χ0) is 24.1. The molecule has 0 heterocycles. The number of nitrogens with zero attached hydrogens (tertiary/aromatic N) is 1. The summed E-state index contributed by atoms with van der Waals surface area (Å²) in [7, 11) is -5.24. The van der Waals surface area contributed by atoms with Gasteiger partial charge in [0.1, 0.15) is 12.3 Å². The van der Waals surface area contributed by atoms with Crippen molar-refractivity contribution in [2.45, 2.75) is 77.6 Å². The normalized spacial score (nSPS) is 18.5. The SMILES string of the molecule is CC[N+](CC)(CC)CC.O=S(=O)([O-])CC(F)C(F)C(F)C(F)C(F)C(F)CCCF. The predicted octanol–water partition coefficient (Wildman–Crippen LogP) is 4.19. The molecule has 0 bridgehead atoms. The molecule has 0 aromatic carbocycles. The summed E-state index contributed by atoms with van der Waals surface area (Å²) >= 11 is 0. The Hall–Kier alpha value is -0.620. The summed E-state index contributed by atoms with van der Waals surface area (Å²) in [6.45, 7) is 13.2.